The molecule has 0 spiro atoms. The first-order chi connectivity index (χ1) is 8.29. The van der Waals surface area contributed by atoms with Crippen molar-refractivity contribution in [3.05, 3.63) is 29.3 Å². The van der Waals surface area contributed by atoms with Crippen LogP contribution in [0.15, 0.2) is 24.3 Å². The SMILES string of the molecule is CCCC(N)C#CCc1nc2ccccc2s1. The van der Waals surface area contributed by atoms with Crippen LogP contribution in [0.4, 0.5) is 0 Å². The lowest BCUT2D eigenvalue weighted by molar-refractivity contribution is 0.720. The third-order valence-electron chi connectivity index (χ3n) is 2.46. The second kappa shape index (κ2) is 5.81. The summed E-state index contributed by atoms with van der Waals surface area (Å²) in [5, 5.41) is 1.07. The van der Waals surface area contributed by atoms with Gasteiger partial charge in [0.1, 0.15) is 5.01 Å². The topological polar surface area (TPSA) is 38.9 Å². The van der Waals surface area contributed by atoms with Gasteiger partial charge in [0.2, 0.25) is 0 Å². The summed E-state index contributed by atoms with van der Waals surface area (Å²) in [4.78, 5) is 4.53. The zero-order valence-electron chi connectivity index (χ0n) is 9.94. The van der Waals surface area contributed by atoms with Crippen molar-refractivity contribution >= 4 is 21.6 Å². The fraction of sp³-hybridized carbons (Fsp3) is 0.357. The van der Waals surface area contributed by atoms with Gasteiger partial charge in [0.15, 0.2) is 0 Å². The summed E-state index contributed by atoms with van der Waals surface area (Å²) >= 11 is 1.71. The van der Waals surface area contributed by atoms with Gasteiger partial charge in [0, 0.05) is 0 Å². The van der Waals surface area contributed by atoms with Gasteiger partial charge in [0.05, 0.1) is 22.7 Å². The molecule has 0 saturated heterocycles. The van der Waals surface area contributed by atoms with Gasteiger partial charge in [-0.05, 0) is 18.6 Å². The van der Waals surface area contributed by atoms with E-state index in [1.807, 2.05) is 18.2 Å². The average Bonchev–Trinajstić information content (AvgIpc) is 2.71. The summed E-state index contributed by atoms with van der Waals surface area (Å²) in [6.07, 6.45) is 2.75. The Morgan fingerprint density at radius 3 is 3.00 bits per heavy atom. The highest BCUT2D eigenvalue weighted by Crippen LogP contribution is 2.21. The summed E-state index contributed by atoms with van der Waals surface area (Å²) in [6, 6.07) is 8.18. The highest BCUT2D eigenvalue weighted by atomic mass is 32.1. The molecule has 0 aliphatic heterocycles. The normalized spacial score (nSPS) is 12.1. The van der Waals surface area contributed by atoms with Gasteiger partial charge >= 0.3 is 0 Å². The molecule has 3 heteroatoms. The predicted octanol–water partition coefficient (Wildman–Crippen LogP) is 2.97. The Bertz CT molecular complexity index is 515. The molecule has 2 nitrogen and oxygen atoms in total. The van der Waals surface area contributed by atoms with Crippen LogP contribution in [0.1, 0.15) is 24.8 Å². The monoisotopic (exact) mass is 244 g/mol. The van der Waals surface area contributed by atoms with E-state index in [2.05, 4.69) is 29.8 Å². The summed E-state index contributed by atoms with van der Waals surface area (Å²) in [6.45, 7) is 2.12. The Labute approximate surface area is 106 Å². The van der Waals surface area contributed by atoms with E-state index in [0.717, 1.165) is 23.4 Å². The van der Waals surface area contributed by atoms with Crippen LogP contribution in [0.25, 0.3) is 10.2 Å². The van der Waals surface area contributed by atoms with E-state index in [1.54, 1.807) is 11.3 Å². The number of nitrogens with zero attached hydrogens (tertiary/aromatic N) is 1. The molecule has 1 aromatic carbocycles. The van der Waals surface area contributed by atoms with Crippen molar-refractivity contribution in [3.8, 4) is 11.8 Å². The molecule has 0 radical (unpaired) electrons. The van der Waals surface area contributed by atoms with Gasteiger partial charge in [-0.2, -0.15) is 0 Å². The lowest BCUT2D eigenvalue weighted by Crippen LogP contribution is -2.16. The van der Waals surface area contributed by atoms with Crippen LogP contribution in [-0.4, -0.2) is 11.0 Å². The molecule has 2 aromatic rings. The first-order valence-electron chi connectivity index (χ1n) is 5.88. The number of thiazole rings is 1. The van der Waals surface area contributed by atoms with Crippen molar-refractivity contribution in [1.82, 2.24) is 4.98 Å². The van der Waals surface area contributed by atoms with Gasteiger partial charge in [-0.1, -0.05) is 37.3 Å². The largest absolute Gasteiger partial charge is 0.318 e. The third kappa shape index (κ3) is 3.29. The molecule has 0 amide bonds. The summed E-state index contributed by atoms with van der Waals surface area (Å²) < 4.78 is 1.22. The molecule has 1 aromatic heterocycles. The predicted molar refractivity (Wildman–Crippen MR) is 74.0 cm³/mol. The number of para-hydroxylation sites is 1. The molecule has 0 saturated carbocycles. The van der Waals surface area contributed by atoms with Crippen LogP contribution in [-0.2, 0) is 6.42 Å². The molecule has 1 atom stereocenters. The molecule has 2 rings (SSSR count). The Kier molecular flexibility index (Phi) is 4.13. The van der Waals surface area contributed by atoms with Crippen molar-refractivity contribution in [2.45, 2.75) is 32.2 Å². The highest BCUT2D eigenvalue weighted by Gasteiger charge is 2.01. The van der Waals surface area contributed by atoms with E-state index in [-0.39, 0.29) is 6.04 Å². The van der Waals surface area contributed by atoms with Crippen LogP contribution in [0.3, 0.4) is 0 Å². The van der Waals surface area contributed by atoms with Crippen LogP contribution < -0.4 is 5.73 Å². The van der Waals surface area contributed by atoms with Crippen molar-refractivity contribution < 1.29 is 0 Å². The first-order valence-corrected chi connectivity index (χ1v) is 6.69. The number of rotatable bonds is 3. The molecule has 1 unspecified atom stereocenters. The Morgan fingerprint density at radius 1 is 1.41 bits per heavy atom. The van der Waals surface area contributed by atoms with E-state index in [4.69, 9.17) is 5.73 Å². The number of benzene rings is 1. The number of hydrogen-bond donors (Lipinski definition) is 1. The fourth-order valence-electron chi connectivity index (χ4n) is 1.64. The lowest BCUT2D eigenvalue weighted by Gasteiger charge is -1.98. The van der Waals surface area contributed by atoms with Crippen LogP contribution in [0.5, 0.6) is 0 Å². The number of aromatic nitrogens is 1. The molecule has 0 aliphatic rings. The van der Waals surface area contributed by atoms with Crippen molar-refractivity contribution in [2.24, 2.45) is 5.73 Å². The Hall–Kier alpha value is -1.37. The first kappa shape index (κ1) is 12.1. The van der Waals surface area contributed by atoms with Crippen LogP contribution in [0, 0.1) is 11.8 Å². The second-order valence-electron chi connectivity index (χ2n) is 3.97. The standard InChI is InChI=1S/C14H16N2S/c1-2-6-11(15)7-5-10-14-16-12-8-3-4-9-13(12)17-14/h3-4,8-9,11H,2,6,10,15H2,1H3. The number of fused-ring (bicyclic) bond motifs is 1. The summed E-state index contributed by atoms with van der Waals surface area (Å²) in [7, 11) is 0. The average molecular weight is 244 g/mol. The maximum Gasteiger partial charge on any atom is 0.106 e. The van der Waals surface area contributed by atoms with Gasteiger partial charge in [-0.15, -0.1) is 11.3 Å². The molecule has 0 aliphatic carbocycles. The lowest BCUT2D eigenvalue weighted by atomic mass is 10.2. The smallest absolute Gasteiger partial charge is 0.106 e. The molecule has 0 fully saturated rings. The molecular formula is C14H16N2S. The van der Waals surface area contributed by atoms with Gasteiger partial charge in [-0.25, -0.2) is 4.98 Å². The van der Waals surface area contributed by atoms with E-state index in [9.17, 15) is 0 Å². The molecule has 2 N–H and O–H groups in total. The molecule has 88 valence electrons. The van der Waals surface area contributed by atoms with Crippen LogP contribution in [0.2, 0.25) is 0 Å². The van der Waals surface area contributed by atoms with E-state index in [0.29, 0.717) is 6.42 Å². The zero-order valence-corrected chi connectivity index (χ0v) is 10.8. The molecule has 1 heterocycles. The van der Waals surface area contributed by atoms with E-state index >= 15 is 0 Å². The molecule has 17 heavy (non-hydrogen) atoms. The number of hydrogen-bond acceptors (Lipinski definition) is 3. The highest BCUT2D eigenvalue weighted by molar-refractivity contribution is 7.18. The zero-order chi connectivity index (χ0) is 12.1. The summed E-state index contributed by atoms with van der Waals surface area (Å²) in [5.74, 6) is 6.19. The minimum absolute atomic E-state index is 0.00868. The minimum atomic E-state index is 0.00868. The number of nitrogens with two attached hydrogens (primary N) is 1. The molecular weight excluding hydrogens is 228 g/mol. The maximum atomic E-state index is 5.83. The quantitative estimate of drug-likeness (QED) is 0.843. The van der Waals surface area contributed by atoms with Gasteiger partial charge < -0.3 is 5.73 Å². The van der Waals surface area contributed by atoms with Crippen molar-refractivity contribution in [3.63, 3.8) is 0 Å². The molecule has 0 bridgehead atoms. The van der Waals surface area contributed by atoms with E-state index in [1.165, 1.54) is 4.70 Å². The second-order valence-corrected chi connectivity index (χ2v) is 5.08. The van der Waals surface area contributed by atoms with Gasteiger partial charge in [-0.3, -0.25) is 0 Å². The van der Waals surface area contributed by atoms with Gasteiger partial charge in [0.25, 0.3) is 0 Å². The Morgan fingerprint density at radius 2 is 2.24 bits per heavy atom. The third-order valence-corrected chi connectivity index (χ3v) is 3.50. The minimum Gasteiger partial charge on any atom is -0.318 e. The summed E-state index contributed by atoms with van der Waals surface area (Å²) in [5.41, 5.74) is 6.90. The van der Waals surface area contributed by atoms with Crippen molar-refractivity contribution in [2.75, 3.05) is 0 Å². The van der Waals surface area contributed by atoms with Crippen LogP contribution >= 0.6 is 11.3 Å². The Balaban J connectivity index is 2.04. The maximum absolute atomic E-state index is 5.83. The van der Waals surface area contributed by atoms with E-state index < -0.39 is 0 Å². The fourth-order valence-corrected chi connectivity index (χ4v) is 2.54. The van der Waals surface area contributed by atoms with Crippen molar-refractivity contribution in [1.29, 1.82) is 0 Å².